The first-order chi connectivity index (χ1) is 15.1. The quantitative estimate of drug-likeness (QED) is 0.415. The number of pyridine rings is 1. The van der Waals surface area contributed by atoms with Crippen molar-refractivity contribution in [2.45, 2.75) is 38.9 Å². The predicted molar refractivity (Wildman–Crippen MR) is 112 cm³/mol. The second-order valence-corrected chi connectivity index (χ2v) is 6.51. The van der Waals surface area contributed by atoms with E-state index in [0.29, 0.717) is 30.3 Å². The van der Waals surface area contributed by atoms with Crippen molar-refractivity contribution in [3.8, 4) is 24.0 Å². The number of aliphatic carboxylic acids is 1. The lowest BCUT2D eigenvalue weighted by molar-refractivity contribution is -0.192. The van der Waals surface area contributed by atoms with Crippen LogP contribution in [0.5, 0.6) is 11.6 Å². The van der Waals surface area contributed by atoms with Crippen LogP contribution in [0.4, 0.5) is 13.2 Å². The molecule has 2 rings (SSSR count). The molecule has 0 saturated heterocycles. The number of alkyl halides is 3. The SMILES string of the molecule is C#CCCCCNC(=O)c1cccc(Oc2cc(CN)cc(C)n2)c1.O=C(O)C(F)(F)F. The summed E-state index contributed by atoms with van der Waals surface area (Å²) in [5.74, 6) is 0.719. The summed E-state index contributed by atoms with van der Waals surface area (Å²) in [5.41, 5.74) is 8.00. The standard InChI is InChI=1S/C20H23N3O2.C2HF3O2/c1-3-4-5-6-10-22-20(24)17-8-7-9-18(13-17)25-19-12-16(14-21)11-15(2)23-19;3-2(4,5)1(6)7/h1,7-9,11-13H,4-6,10,14,21H2,2H3,(H,22,24);(H,6,7). The lowest BCUT2D eigenvalue weighted by Crippen LogP contribution is -2.24. The van der Waals surface area contributed by atoms with Crippen LogP contribution < -0.4 is 15.8 Å². The van der Waals surface area contributed by atoms with E-state index >= 15 is 0 Å². The molecule has 172 valence electrons. The largest absolute Gasteiger partial charge is 0.490 e. The molecule has 0 spiro atoms. The number of halogens is 3. The Balaban J connectivity index is 0.000000633. The summed E-state index contributed by atoms with van der Waals surface area (Å²) in [6.45, 7) is 2.91. The maximum atomic E-state index is 12.2. The van der Waals surface area contributed by atoms with E-state index in [9.17, 15) is 18.0 Å². The van der Waals surface area contributed by atoms with Crippen LogP contribution in [0.1, 0.15) is 40.9 Å². The second-order valence-electron chi connectivity index (χ2n) is 6.51. The van der Waals surface area contributed by atoms with E-state index in [1.807, 2.05) is 13.0 Å². The van der Waals surface area contributed by atoms with Crippen molar-refractivity contribution in [1.29, 1.82) is 0 Å². The molecule has 0 atom stereocenters. The Morgan fingerprint density at radius 1 is 1.25 bits per heavy atom. The zero-order chi connectivity index (χ0) is 24.1. The molecule has 1 aromatic heterocycles. The maximum absolute atomic E-state index is 12.2. The third-order valence-electron chi connectivity index (χ3n) is 3.82. The van der Waals surface area contributed by atoms with Crippen LogP contribution in [-0.4, -0.2) is 34.7 Å². The molecule has 0 unspecified atom stereocenters. The zero-order valence-electron chi connectivity index (χ0n) is 17.4. The average Bonchev–Trinajstić information content (AvgIpc) is 2.73. The van der Waals surface area contributed by atoms with E-state index in [-0.39, 0.29) is 5.91 Å². The molecule has 1 heterocycles. The van der Waals surface area contributed by atoms with Gasteiger partial charge in [-0.2, -0.15) is 13.2 Å². The molecule has 1 amide bonds. The number of aryl methyl sites for hydroxylation is 1. The van der Waals surface area contributed by atoms with Crippen molar-refractivity contribution in [3.63, 3.8) is 0 Å². The number of amides is 1. The third-order valence-corrected chi connectivity index (χ3v) is 3.82. The Morgan fingerprint density at radius 3 is 2.53 bits per heavy atom. The molecule has 0 fully saturated rings. The Labute approximate surface area is 183 Å². The number of nitrogens with two attached hydrogens (primary N) is 1. The number of carbonyl (C=O) groups excluding carboxylic acids is 1. The second kappa shape index (κ2) is 13.0. The van der Waals surface area contributed by atoms with Gasteiger partial charge in [-0.3, -0.25) is 4.79 Å². The Bertz CT molecular complexity index is 956. The third kappa shape index (κ3) is 9.95. The molecule has 4 N–H and O–H groups in total. The van der Waals surface area contributed by atoms with Gasteiger partial charge < -0.3 is 20.9 Å². The fourth-order valence-corrected chi connectivity index (χ4v) is 2.35. The number of terminal acetylenes is 1. The zero-order valence-corrected chi connectivity index (χ0v) is 17.4. The van der Waals surface area contributed by atoms with Crippen molar-refractivity contribution < 1.29 is 32.6 Å². The summed E-state index contributed by atoms with van der Waals surface area (Å²) in [5, 5.41) is 10.0. The first-order valence-corrected chi connectivity index (χ1v) is 9.54. The fraction of sp³-hybridized carbons (Fsp3) is 0.318. The number of carboxylic acids is 1. The summed E-state index contributed by atoms with van der Waals surface area (Å²) in [6.07, 6.45) is 2.62. The number of unbranched alkanes of at least 4 members (excludes halogenated alkanes) is 2. The molecular weight excluding hydrogens is 427 g/mol. The monoisotopic (exact) mass is 451 g/mol. The number of nitrogens with zero attached hydrogens (tertiary/aromatic N) is 1. The maximum Gasteiger partial charge on any atom is 0.490 e. The van der Waals surface area contributed by atoms with Gasteiger partial charge in [0.2, 0.25) is 5.88 Å². The molecule has 1 aromatic carbocycles. The van der Waals surface area contributed by atoms with Gasteiger partial charge in [0.1, 0.15) is 5.75 Å². The molecule has 0 aliphatic heterocycles. The molecule has 10 heteroatoms. The highest BCUT2D eigenvalue weighted by Gasteiger charge is 2.38. The average molecular weight is 451 g/mol. The highest BCUT2D eigenvalue weighted by atomic mass is 19.4. The summed E-state index contributed by atoms with van der Waals surface area (Å²) < 4.78 is 37.5. The molecule has 0 aliphatic rings. The Morgan fingerprint density at radius 2 is 1.94 bits per heavy atom. The minimum Gasteiger partial charge on any atom is -0.475 e. The molecule has 0 bridgehead atoms. The van der Waals surface area contributed by atoms with E-state index in [1.54, 1.807) is 30.3 Å². The van der Waals surface area contributed by atoms with E-state index in [4.69, 9.17) is 26.8 Å². The van der Waals surface area contributed by atoms with Crippen LogP contribution in [0.3, 0.4) is 0 Å². The molecule has 2 aromatic rings. The van der Waals surface area contributed by atoms with Crippen LogP contribution in [0.2, 0.25) is 0 Å². The van der Waals surface area contributed by atoms with Gasteiger partial charge in [-0.1, -0.05) is 6.07 Å². The van der Waals surface area contributed by atoms with Gasteiger partial charge in [0.05, 0.1) is 0 Å². The Kier molecular flexibility index (Phi) is 10.7. The van der Waals surface area contributed by atoms with E-state index in [0.717, 1.165) is 30.5 Å². The fourth-order valence-electron chi connectivity index (χ4n) is 2.35. The predicted octanol–water partition coefficient (Wildman–Crippen LogP) is 3.81. The van der Waals surface area contributed by atoms with Crippen molar-refractivity contribution in [2.24, 2.45) is 5.73 Å². The lowest BCUT2D eigenvalue weighted by Gasteiger charge is -2.09. The van der Waals surface area contributed by atoms with E-state index < -0.39 is 12.1 Å². The lowest BCUT2D eigenvalue weighted by atomic mass is 10.2. The normalized spacial score (nSPS) is 10.4. The molecule has 0 radical (unpaired) electrons. The van der Waals surface area contributed by atoms with Crippen LogP contribution in [0.15, 0.2) is 36.4 Å². The first-order valence-electron chi connectivity index (χ1n) is 9.54. The number of carbonyl (C=O) groups is 2. The minimum atomic E-state index is -5.08. The highest BCUT2D eigenvalue weighted by Crippen LogP contribution is 2.22. The van der Waals surface area contributed by atoms with Crippen LogP contribution in [-0.2, 0) is 11.3 Å². The van der Waals surface area contributed by atoms with Crippen molar-refractivity contribution in [2.75, 3.05) is 6.54 Å². The van der Waals surface area contributed by atoms with Crippen molar-refractivity contribution in [1.82, 2.24) is 10.3 Å². The summed E-state index contributed by atoms with van der Waals surface area (Å²) in [7, 11) is 0. The summed E-state index contributed by atoms with van der Waals surface area (Å²) >= 11 is 0. The highest BCUT2D eigenvalue weighted by molar-refractivity contribution is 5.94. The van der Waals surface area contributed by atoms with Gasteiger partial charge in [0.25, 0.3) is 5.91 Å². The first kappa shape index (κ1) is 26.5. The van der Waals surface area contributed by atoms with Crippen molar-refractivity contribution >= 4 is 11.9 Å². The Hall–Kier alpha value is -3.58. The van der Waals surface area contributed by atoms with E-state index in [1.165, 1.54) is 0 Å². The van der Waals surface area contributed by atoms with Gasteiger partial charge in [0, 0.05) is 36.8 Å². The van der Waals surface area contributed by atoms with Crippen LogP contribution >= 0.6 is 0 Å². The summed E-state index contributed by atoms with van der Waals surface area (Å²) in [6, 6.07) is 10.7. The van der Waals surface area contributed by atoms with Gasteiger partial charge >= 0.3 is 12.1 Å². The number of carboxylic acid groups (broad SMARTS) is 1. The summed E-state index contributed by atoms with van der Waals surface area (Å²) in [4.78, 5) is 25.4. The number of nitrogens with one attached hydrogen (secondary N) is 1. The van der Waals surface area contributed by atoms with Gasteiger partial charge in [-0.25, -0.2) is 9.78 Å². The minimum absolute atomic E-state index is 0.133. The molecule has 7 nitrogen and oxygen atoms in total. The topological polar surface area (TPSA) is 115 Å². The number of benzene rings is 1. The number of rotatable bonds is 8. The number of ether oxygens (including phenoxy) is 1. The molecule has 0 saturated carbocycles. The van der Waals surface area contributed by atoms with Gasteiger partial charge in [-0.15, -0.1) is 12.3 Å². The molecule has 32 heavy (non-hydrogen) atoms. The molecular formula is C22H24F3N3O4. The van der Waals surface area contributed by atoms with E-state index in [2.05, 4.69) is 16.2 Å². The van der Waals surface area contributed by atoms with Crippen molar-refractivity contribution in [3.05, 3.63) is 53.2 Å². The smallest absolute Gasteiger partial charge is 0.475 e. The van der Waals surface area contributed by atoms with Gasteiger partial charge in [0.15, 0.2) is 0 Å². The number of hydrogen-bond donors (Lipinski definition) is 3. The van der Waals surface area contributed by atoms with Gasteiger partial charge in [-0.05, 0) is 49.6 Å². The number of aromatic nitrogens is 1. The number of hydrogen-bond acceptors (Lipinski definition) is 5. The van der Waals surface area contributed by atoms with Crippen LogP contribution in [0.25, 0.3) is 0 Å². The molecule has 0 aliphatic carbocycles. The van der Waals surface area contributed by atoms with Crippen LogP contribution in [0, 0.1) is 19.3 Å².